The van der Waals surface area contributed by atoms with Gasteiger partial charge in [-0.05, 0) is 12.8 Å². The summed E-state index contributed by atoms with van der Waals surface area (Å²) in [7, 11) is 0. The predicted molar refractivity (Wildman–Crippen MR) is 89.0 cm³/mol. The monoisotopic (exact) mass is 369 g/mol. The highest BCUT2D eigenvalue weighted by Gasteiger charge is 2.55. The number of fused-ring (bicyclic) bond motifs is 1. The summed E-state index contributed by atoms with van der Waals surface area (Å²) in [5.74, 6) is 0.600. The maximum Gasteiger partial charge on any atom is 0.255 e. The van der Waals surface area contributed by atoms with Crippen molar-refractivity contribution in [2.75, 3.05) is 11.9 Å². The molecule has 25 heavy (non-hydrogen) atoms. The second-order valence-electron chi connectivity index (χ2n) is 6.52. The molecule has 0 amide bonds. The maximum absolute atomic E-state index is 10.3. The first-order chi connectivity index (χ1) is 12.0. The van der Waals surface area contributed by atoms with E-state index in [1.807, 2.05) is 0 Å². The van der Waals surface area contributed by atoms with E-state index in [1.54, 1.807) is 0 Å². The first-order valence-electron chi connectivity index (χ1n) is 8.33. The van der Waals surface area contributed by atoms with Crippen molar-refractivity contribution in [1.82, 2.24) is 19.5 Å². The van der Waals surface area contributed by atoms with Gasteiger partial charge in [0.25, 0.3) is 5.18 Å². The van der Waals surface area contributed by atoms with E-state index in [-0.39, 0.29) is 0 Å². The largest absolute Gasteiger partial charge is 0.394 e. The summed E-state index contributed by atoms with van der Waals surface area (Å²) in [4.78, 5) is 12.8. The van der Waals surface area contributed by atoms with Crippen molar-refractivity contribution >= 4 is 28.6 Å². The maximum atomic E-state index is 10.3. The van der Waals surface area contributed by atoms with E-state index in [1.165, 1.54) is 30.1 Å². The zero-order valence-corrected chi connectivity index (χ0v) is 14.2. The molecule has 2 aliphatic rings. The van der Waals surface area contributed by atoms with Crippen molar-refractivity contribution in [3.8, 4) is 0 Å². The number of aliphatic hydroxyl groups excluding tert-OH is 3. The Morgan fingerprint density at radius 1 is 1.28 bits per heavy atom. The van der Waals surface area contributed by atoms with Crippen molar-refractivity contribution in [3.05, 3.63) is 12.7 Å². The lowest BCUT2D eigenvalue weighted by molar-refractivity contribution is -0.0838. The van der Waals surface area contributed by atoms with Crippen LogP contribution in [0.15, 0.2) is 12.7 Å². The van der Waals surface area contributed by atoms with Gasteiger partial charge in [0.15, 0.2) is 17.0 Å². The van der Waals surface area contributed by atoms with Gasteiger partial charge in [0.1, 0.15) is 31.0 Å². The number of imidazole rings is 1. The van der Waals surface area contributed by atoms with E-state index in [9.17, 15) is 15.3 Å². The molecular formula is C15H20ClN5O4. The molecule has 9 nitrogen and oxygen atoms in total. The first-order valence-corrected chi connectivity index (χ1v) is 8.71. The molecule has 136 valence electrons. The van der Waals surface area contributed by atoms with E-state index in [0.717, 1.165) is 12.8 Å². The highest BCUT2D eigenvalue weighted by atomic mass is 35.5. The molecule has 0 unspecified atom stereocenters. The Morgan fingerprint density at radius 3 is 2.72 bits per heavy atom. The summed E-state index contributed by atoms with van der Waals surface area (Å²) in [6.07, 6.45) is 3.54. The third-order valence-corrected chi connectivity index (χ3v) is 5.42. The van der Waals surface area contributed by atoms with Crippen LogP contribution in [0.1, 0.15) is 25.7 Å². The number of aliphatic hydroxyl groups is 3. The number of ether oxygens (including phenoxy) is 1. The van der Waals surface area contributed by atoms with E-state index >= 15 is 0 Å². The SMILES string of the molecule is OC[C@H]1O[C@@](Cl)(n2cnc3c(NC4CCCC4)ncnc32)[C@H](O)[C@@H]1O. The van der Waals surface area contributed by atoms with Crippen LogP contribution < -0.4 is 5.32 Å². The highest BCUT2D eigenvalue weighted by Crippen LogP contribution is 2.41. The summed E-state index contributed by atoms with van der Waals surface area (Å²) in [5, 5.41) is 31.2. The minimum atomic E-state index is -1.81. The number of hydrogen-bond donors (Lipinski definition) is 4. The van der Waals surface area contributed by atoms with Gasteiger partial charge in [-0.3, -0.25) is 4.57 Å². The quantitative estimate of drug-likeness (QED) is 0.561. The van der Waals surface area contributed by atoms with E-state index in [4.69, 9.17) is 16.3 Å². The van der Waals surface area contributed by atoms with Gasteiger partial charge in [-0.1, -0.05) is 24.4 Å². The number of aromatic nitrogens is 4. The third kappa shape index (κ3) is 2.67. The molecular weight excluding hydrogens is 350 g/mol. The predicted octanol–water partition coefficient (Wildman–Crippen LogP) is 0.143. The van der Waals surface area contributed by atoms with Crippen LogP contribution in [0.3, 0.4) is 0 Å². The minimum Gasteiger partial charge on any atom is -0.394 e. The Balaban J connectivity index is 1.71. The number of nitrogens with zero attached hydrogens (tertiary/aromatic N) is 4. The third-order valence-electron chi connectivity index (χ3n) is 4.92. The average Bonchev–Trinajstić information content (AvgIpc) is 3.32. The van der Waals surface area contributed by atoms with Gasteiger partial charge in [0, 0.05) is 6.04 Å². The molecule has 2 aromatic rings. The molecule has 1 saturated heterocycles. The topological polar surface area (TPSA) is 126 Å². The summed E-state index contributed by atoms with van der Waals surface area (Å²) < 4.78 is 6.86. The lowest BCUT2D eigenvalue weighted by Gasteiger charge is -2.26. The summed E-state index contributed by atoms with van der Waals surface area (Å²) in [5.41, 5.74) is 0.877. The normalized spacial score (nSPS) is 33.4. The average molecular weight is 370 g/mol. The van der Waals surface area contributed by atoms with E-state index in [2.05, 4.69) is 20.3 Å². The molecule has 3 heterocycles. The molecule has 10 heteroatoms. The molecule has 1 aliphatic heterocycles. The Hall–Kier alpha value is -1.52. The van der Waals surface area contributed by atoms with Crippen molar-refractivity contribution < 1.29 is 20.1 Å². The van der Waals surface area contributed by atoms with Crippen LogP contribution in [0.25, 0.3) is 11.2 Å². The molecule has 2 fully saturated rings. The van der Waals surface area contributed by atoms with Gasteiger partial charge in [-0.2, -0.15) is 0 Å². The molecule has 4 atom stereocenters. The van der Waals surface area contributed by atoms with Crippen molar-refractivity contribution in [1.29, 1.82) is 0 Å². The smallest absolute Gasteiger partial charge is 0.255 e. The molecule has 1 saturated carbocycles. The Bertz CT molecular complexity index is 767. The molecule has 1 aliphatic carbocycles. The van der Waals surface area contributed by atoms with Crippen molar-refractivity contribution in [2.45, 2.75) is 55.2 Å². The molecule has 4 rings (SSSR count). The van der Waals surface area contributed by atoms with Crippen LogP contribution in [0.2, 0.25) is 0 Å². The number of rotatable bonds is 4. The number of anilines is 1. The Labute approximate surface area is 148 Å². The molecule has 0 radical (unpaired) electrons. The van der Waals surface area contributed by atoms with Crippen LogP contribution in [-0.2, 0) is 9.92 Å². The fourth-order valence-electron chi connectivity index (χ4n) is 3.54. The molecule has 4 N–H and O–H groups in total. The van der Waals surface area contributed by atoms with Gasteiger partial charge in [0.2, 0.25) is 0 Å². The fraction of sp³-hybridized carbons (Fsp3) is 0.667. The van der Waals surface area contributed by atoms with Gasteiger partial charge >= 0.3 is 0 Å². The van der Waals surface area contributed by atoms with Gasteiger partial charge < -0.3 is 25.4 Å². The zero-order chi connectivity index (χ0) is 17.6. The van der Waals surface area contributed by atoms with Crippen LogP contribution in [0.4, 0.5) is 5.82 Å². The standard InChI is InChI=1S/C15H20ClN5O4/c16-15(12(24)11(23)9(5-22)25-15)21-7-19-10-13(17-6-18-14(10)21)20-8-3-1-2-4-8/h6-9,11-12,22-24H,1-5H2,(H,17,18,20)/t9-,11-,12-,15+/m1/s1. The van der Waals surface area contributed by atoms with Crippen LogP contribution in [0, 0.1) is 0 Å². The Morgan fingerprint density at radius 2 is 2.04 bits per heavy atom. The number of nitrogens with one attached hydrogen (secondary N) is 1. The summed E-state index contributed by atoms with van der Waals surface area (Å²) in [6.45, 7) is -0.469. The van der Waals surface area contributed by atoms with Crippen LogP contribution in [-0.4, -0.2) is 65.8 Å². The number of alkyl halides is 1. The second kappa shape index (κ2) is 6.33. The van der Waals surface area contributed by atoms with Gasteiger partial charge in [-0.15, -0.1) is 0 Å². The second-order valence-corrected chi connectivity index (χ2v) is 7.06. The number of halogens is 1. The summed E-state index contributed by atoms with van der Waals surface area (Å²) >= 11 is 6.46. The van der Waals surface area contributed by atoms with Crippen molar-refractivity contribution in [3.63, 3.8) is 0 Å². The van der Waals surface area contributed by atoms with E-state index < -0.39 is 30.1 Å². The Kier molecular flexibility index (Phi) is 4.28. The molecule has 0 bridgehead atoms. The lowest BCUT2D eigenvalue weighted by atomic mass is 10.1. The zero-order valence-electron chi connectivity index (χ0n) is 13.4. The number of hydrogen-bond acceptors (Lipinski definition) is 8. The molecule has 0 aromatic carbocycles. The van der Waals surface area contributed by atoms with Crippen LogP contribution >= 0.6 is 11.6 Å². The fourth-order valence-corrected chi connectivity index (χ4v) is 3.90. The molecule has 2 aromatic heterocycles. The molecule has 0 spiro atoms. The minimum absolute atomic E-state index is 0.349. The van der Waals surface area contributed by atoms with Gasteiger partial charge in [-0.25, -0.2) is 15.0 Å². The summed E-state index contributed by atoms with van der Waals surface area (Å²) in [6, 6.07) is 0.349. The lowest BCUT2D eigenvalue weighted by Crippen LogP contribution is -2.41. The van der Waals surface area contributed by atoms with Crippen LogP contribution in [0.5, 0.6) is 0 Å². The highest BCUT2D eigenvalue weighted by molar-refractivity contribution is 6.22. The van der Waals surface area contributed by atoms with E-state index in [0.29, 0.717) is 23.0 Å². The van der Waals surface area contributed by atoms with Crippen molar-refractivity contribution in [2.24, 2.45) is 0 Å². The first kappa shape index (κ1) is 16.9. The van der Waals surface area contributed by atoms with Gasteiger partial charge in [0.05, 0.1) is 6.61 Å².